The van der Waals surface area contributed by atoms with Crippen LogP contribution in [0, 0.1) is 5.82 Å². The summed E-state index contributed by atoms with van der Waals surface area (Å²) in [7, 11) is 1.60. The normalized spacial score (nSPS) is 10.4. The van der Waals surface area contributed by atoms with Gasteiger partial charge in [0.1, 0.15) is 11.6 Å². The molecule has 0 aliphatic heterocycles. The van der Waals surface area contributed by atoms with Gasteiger partial charge in [0.15, 0.2) is 0 Å². The molecule has 0 aromatic heterocycles. The van der Waals surface area contributed by atoms with Crippen LogP contribution in [-0.2, 0) is 6.42 Å². The third kappa shape index (κ3) is 2.68. The minimum absolute atomic E-state index is 0.110. The maximum absolute atomic E-state index is 12.9. The van der Waals surface area contributed by atoms with Crippen molar-refractivity contribution in [3.63, 3.8) is 0 Å². The van der Waals surface area contributed by atoms with Crippen molar-refractivity contribution in [2.24, 2.45) is 0 Å². The molecule has 3 heteroatoms. The highest BCUT2D eigenvalue weighted by Crippen LogP contribution is 2.31. The Morgan fingerprint density at radius 1 is 1.11 bits per heavy atom. The van der Waals surface area contributed by atoms with Crippen molar-refractivity contribution in [3.05, 3.63) is 53.8 Å². The van der Waals surface area contributed by atoms with E-state index < -0.39 is 0 Å². The molecule has 0 fully saturated rings. The molecular formula is C15H15FO2. The molecular weight excluding hydrogens is 231 g/mol. The second-order valence-corrected chi connectivity index (χ2v) is 4.02. The van der Waals surface area contributed by atoms with Gasteiger partial charge < -0.3 is 9.84 Å². The lowest BCUT2D eigenvalue weighted by atomic mass is 10.0. The summed E-state index contributed by atoms with van der Waals surface area (Å²) in [6, 6.07) is 12.1. The third-order valence-electron chi connectivity index (χ3n) is 2.82. The Balaban J connectivity index is 2.40. The maximum atomic E-state index is 12.9. The molecule has 2 rings (SSSR count). The van der Waals surface area contributed by atoms with Crippen molar-refractivity contribution in [3.8, 4) is 16.9 Å². The van der Waals surface area contributed by atoms with Gasteiger partial charge in [0, 0.05) is 12.2 Å². The van der Waals surface area contributed by atoms with E-state index in [2.05, 4.69) is 0 Å². The van der Waals surface area contributed by atoms with Gasteiger partial charge in [-0.25, -0.2) is 4.39 Å². The van der Waals surface area contributed by atoms with Crippen LogP contribution in [0.1, 0.15) is 5.56 Å². The Labute approximate surface area is 106 Å². The van der Waals surface area contributed by atoms with Crippen molar-refractivity contribution in [2.75, 3.05) is 13.7 Å². The second-order valence-electron chi connectivity index (χ2n) is 4.02. The van der Waals surface area contributed by atoms with Crippen LogP contribution in [0.3, 0.4) is 0 Å². The fourth-order valence-corrected chi connectivity index (χ4v) is 1.89. The molecule has 0 saturated heterocycles. The first kappa shape index (κ1) is 12.6. The number of aliphatic hydroxyl groups is 1. The molecule has 94 valence electrons. The highest BCUT2D eigenvalue weighted by atomic mass is 19.1. The number of halogens is 1. The van der Waals surface area contributed by atoms with Crippen molar-refractivity contribution >= 4 is 0 Å². The van der Waals surface area contributed by atoms with Crippen LogP contribution in [0.25, 0.3) is 11.1 Å². The van der Waals surface area contributed by atoms with E-state index in [1.807, 2.05) is 18.2 Å². The quantitative estimate of drug-likeness (QED) is 0.898. The fraction of sp³-hybridized carbons (Fsp3) is 0.200. The van der Waals surface area contributed by atoms with Crippen molar-refractivity contribution in [1.29, 1.82) is 0 Å². The monoisotopic (exact) mass is 246 g/mol. The van der Waals surface area contributed by atoms with Crippen LogP contribution in [0.2, 0.25) is 0 Å². The average Bonchev–Trinajstić information content (AvgIpc) is 2.40. The van der Waals surface area contributed by atoms with E-state index >= 15 is 0 Å². The maximum Gasteiger partial charge on any atom is 0.126 e. The smallest absolute Gasteiger partial charge is 0.126 e. The van der Waals surface area contributed by atoms with E-state index in [4.69, 9.17) is 9.84 Å². The zero-order valence-electron chi connectivity index (χ0n) is 10.2. The number of aliphatic hydroxyl groups excluding tert-OH is 1. The van der Waals surface area contributed by atoms with Crippen molar-refractivity contribution < 1.29 is 14.2 Å². The van der Waals surface area contributed by atoms with Crippen molar-refractivity contribution in [2.45, 2.75) is 6.42 Å². The van der Waals surface area contributed by atoms with Gasteiger partial charge >= 0.3 is 0 Å². The van der Waals surface area contributed by atoms with Crippen LogP contribution < -0.4 is 4.74 Å². The summed E-state index contributed by atoms with van der Waals surface area (Å²) in [6.07, 6.45) is 0.597. The first-order chi connectivity index (χ1) is 8.74. The molecule has 0 aliphatic carbocycles. The molecule has 18 heavy (non-hydrogen) atoms. The fourth-order valence-electron chi connectivity index (χ4n) is 1.89. The number of ether oxygens (including phenoxy) is 1. The first-order valence-electron chi connectivity index (χ1n) is 5.78. The van der Waals surface area contributed by atoms with E-state index in [0.29, 0.717) is 6.42 Å². The van der Waals surface area contributed by atoms with E-state index in [1.54, 1.807) is 19.2 Å². The molecule has 0 saturated carbocycles. The SMILES string of the molecule is COc1cc(CCO)ccc1-c1ccc(F)cc1. The third-order valence-corrected chi connectivity index (χ3v) is 2.82. The zero-order chi connectivity index (χ0) is 13.0. The molecule has 0 spiro atoms. The Bertz CT molecular complexity index is 521. The summed E-state index contributed by atoms with van der Waals surface area (Å²) < 4.78 is 18.2. The minimum Gasteiger partial charge on any atom is -0.496 e. The first-order valence-corrected chi connectivity index (χ1v) is 5.78. The van der Waals surface area contributed by atoms with E-state index in [9.17, 15) is 4.39 Å². The van der Waals surface area contributed by atoms with Crippen LogP contribution in [0.4, 0.5) is 4.39 Å². The summed E-state index contributed by atoms with van der Waals surface area (Å²) in [6.45, 7) is 0.110. The van der Waals surface area contributed by atoms with Gasteiger partial charge in [0.25, 0.3) is 0 Å². The molecule has 0 heterocycles. The summed E-state index contributed by atoms with van der Waals surface area (Å²) in [5.41, 5.74) is 2.84. The number of hydrogen-bond donors (Lipinski definition) is 1. The number of benzene rings is 2. The van der Waals surface area contributed by atoms with Crippen LogP contribution in [-0.4, -0.2) is 18.8 Å². The highest BCUT2D eigenvalue weighted by molar-refractivity contribution is 5.70. The average molecular weight is 246 g/mol. The molecule has 2 aromatic rings. The van der Waals surface area contributed by atoms with Gasteiger partial charge in [-0.3, -0.25) is 0 Å². The molecule has 0 atom stereocenters. The largest absolute Gasteiger partial charge is 0.496 e. The standard InChI is InChI=1S/C15H15FO2/c1-18-15-10-11(8-9-17)2-7-14(15)12-3-5-13(16)6-4-12/h2-7,10,17H,8-9H2,1H3. The Morgan fingerprint density at radius 3 is 2.44 bits per heavy atom. The molecule has 0 bridgehead atoms. The molecule has 0 radical (unpaired) electrons. The molecule has 0 aliphatic rings. The zero-order valence-corrected chi connectivity index (χ0v) is 10.2. The lowest BCUT2D eigenvalue weighted by Gasteiger charge is -2.10. The molecule has 0 unspecified atom stereocenters. The van der Waals surface area contributed by atoms with Crippen molar-refractivity contribution in [1.82, 2.24) is 0 Å². The number of methoxy groups -OCH3 is 1. The predicted octanol–water partition coefficient (Wildman–Crippen LogP) is 3.04. The van der Waals surface area contributed by atoms with E-state index in [0.717, 1.165) is 22.4 Å². The van der Waals surface area contributed by atoms with Gasteiger partial charge in [-0.15, -0.1) is 0 Å². The summed E-state index contributed by atoms with van der Waals surface area (Å²) >= 11 is 0. The summed E-state index contributed by atoms with van der Waals surface area (Å²) in [5, 5.41) is 8.92. The lowest BCUT2D eigenvalue weighted by molar-refractivity contribution is 0.299. The summed E-state index contributed by atoms with van der Waals surface area (Å²) in [4.78, 5) is 0. The Morgan fingerprint density at radius 2 is 1.83 bits per heavy atom. The van der Waals surface area contributed by atoms with Gasteiger partial charge in [0.2, 0.25) is 0 Å². The van der Waals surface area contributed by atoms with E-state index in [-0.39, 0.29) is 12.4 Å². The van der Waals surface area contributed by atoms with Gasteiger partial charge in [0.05, 0.1) is 7.11 Å². The van der Waals surface area contributed by atoms with Gasteiger partial charge in [-0.1, -0.05) is 24.3 Å². The van der Waals surface area contributed by atoms with Gasteiger partial charge in [-0.2, -0.15) is 0 Å². The minimum atomic E-state index is -0.255. The topological polar surface area (TPSA) is 29.5 Å². The Hall–Kier alpha value is -1.87. The molecule has 0 amide bonds. The van der Waals surface area contributed by atoms with Crippen LogP contribution in [0.5, 0.6) is 5.75 Å². The Kier molecular flexibility index (Phi) is 3.95. The van der Waals surface area contributed by atoms with Crippen LogP contribution >= 0.6 is 0 Å². The predicted molar refractivity (Wildman–Crippen MR) is 69.2 cm³/mol. The van der Waals surface area contributed by atoms with Gasteiger partial charge in [-0.05, 0) is 35.7 Å². The number of rotatable bonds is 4. The molecule has 1 N–H and O–H groups in total. The summed E-state index contributed by atoms with van der Waals surface area (Å²) in [5.74, 6) is 0.474. The van der Waals surface area contributed by atoms with Crippen LogP contribution in [0.15, 0.2) is 42.5 Å². The second kappa shape index (κ2) is 5.65. The molecule has 2 nitrogen and oxygen atoms in total. The number of hydrogen-bond acceptors (Lipinski definition) is 2. The highest BCUT2D eigenvalue weighted by Gasteiger charge is 2.07. The van der Waals surface area contributed by atoms with E-state index in [1.165, 1.54) is 12.1 Å². The molecule has 2 aromatic carbocycles. The lowest BCUT2D eigenvalue weighted by Crippen LogP contribution is -1.94.